The molecule has 0 spiro atoms. The second kappa shape index (κ2) is 6.88. The number of imidazole rings is 1. The number of benzene rings is 1. The van der Waals surface area contributed by atoms with Crippen molar-refractivity contribution in [3.05, 3.63) is 84.4 Å². The van der Waals surface area contributed by atoms with Gasteiger partial charge in [0.15, 0.2) is 0 Å². The zero-order chi connectivity index (χ0) is 20.8. The number of pyridine rings is 2. The molecule has 0 aliphatic heterocycles. The molecule has 0 aliphatic carbocycles. The lowest BCUT2D eigenvalue weighted by molar-refractivity contribution is 0.585. The molecular weight excluding hydrogens is 384 g/mol. The number of hydrogen-bond donors (Lipinski definition) is 0. The first-order chi connectivity index (χ1) is 14.5. The third-order valence-electron chi connectivity index (χ3n) is 4.99. The van der Waals surface area contributed by atoms with E-state index in [9.17, 15) is 8.78 Å². The number of hydrogen-bond acceptors (Lipinski definition) is 3. The Bertz CT molecular complexity index is 1400. The van der Waals surface area contributed by atoms with Crippen molar-refractivity contribution in [3.63, 3.8) is 0 Å². The molecule has 0 bridgehead atoms. The summed E-state index contributed by atoms with van der Waals surface area (Å²) in [6.07, 6.45) is 7.43. The summed E-state index contributed by atoms with van der Waals surface area (Å²) in [5.41, 5.74) is 5.86. The molecule has 0 amide bonds. The van der Waals surface area contributed by atoms with Crippen molar-refractivity contribution in [1.82, 2.24) is 24.1 Å². The molecule has 4 heterocycles. The Morgan fingerprint density at radius 3 is 2.50 bits per heavy atom. The molecule has 0 radical (unpaired) electrons. The highest BCUT2D eigenvalue weighted by molar-refractivity contribution is 5.71. The van der Waals surface area contributed by atoms with Gasteiger partial charge in [0.25, 0.3) is 0 Å². The van der Waals surface area contributed by atoms with E-state index < -0.39 is 11.6 Å². The molecule has 148 valence electrons. The smallest absolute Gasteiger partial charge is 0.137 e. The van der Waals surface area contributed by atoms with E-state index in [1.54, 1.807) is 23.1 Å². The summed E-state index contributed by atoms with van der Waals surface area (Å²) >= 11 is 0. The van der Waals surface area contributed by atoms with Gasteiger partial charge in [0, 0.05) is 36.6 Å². The Balaban J connectivity index is 1.61. The van der Waals surface area contributed by atoms with E-state index in [0.717, 1.165) is 34.1 Å². The minimum atomic E-state index is -0.640. The molecule has 5 aromatic rings. The van der Waals surface area contributed by atoms with Crippen LogP contribution < -0.4 is 0 Å². The molecule has 0 unspecified atom stereocenters. The van der Waals surface area contributed by atoms with Gasteiger partial charge in [0.1, 0.15) is 17.3 Å². The monoisotopic (exact) mass is 401 g/mol. The van der Waals surface area contributed by atoms with Crippen molar-refractivity contribution in [1.29, 1.82) is 0 Å². The fourth-order valence-electron chi connectivity index (χ4n) is 3.55. The summed E-state index contributed by atoms with van der Waals surface area (Å²) in [4.78, 5) is 9.16. The molecule has 0 atom stereocenters. The van der Waals surface area contributed by atoms with Gasteiger partial charge in [-0.1, -0.05) is 0 Å². The van der Waals surface area contributed by atoms with Crippen molar-refractivity contribution >= 4 is 5.65 Å². The quantitative estimate of drug-likeness (QED) is 0.425. The van der Waals surface area contributed by atoms with Gasteiger partial charge in [-0.05, 0) is 54.4 Å². The van der Waals surface area contributed by atoms with Crippen LogP contribution in [0.25, 0.3) is 39.4 Å². The van der Waals surface area contributed by atoms with E-state index in [2.05, 4.69) is 15.1 Å². The molecule has 0 N–H and O–H groups in total. The summed E-state index contributed by atoms with van der Waals surface area (Å²) < 4.78 is 31.3. The van der Waals surface area contributed by atoms with Gasteiger partial charge in [0.2, 0.25) is 0 Å². The van der Waals surface area contributed by atoms with Gasteiger partial charge in [-0.25, -0.2) is 18.7 Å². The normalized spacial score (nSPS) is 11.3. The maximum absolute atomic E-state index is 14.3. The van der Waals surface area contributed by atoms with Crippen molar-refractivity contribution in [3.8, 4) is 33.8 Å². The third-order valence-corrected chi connectivity index (χ3v) is 4.99. The average molecular weight is 401 g/mol. The van der Waals surface area contributed by atoms with E-state index in [4.69, 9.17) is 0 Å². The minimum absolute atomic E-state index is 0.258. The van der Waals surface area contributed by atoms with Crippen LogP contribution in [0.1, 0.15) is 5.56 Å². The van der Waals surface area contributed by atoms with Gasteiger partial charge in [0.05, 0.1) is 29.5 Å². The number of nitrogens with zero attached hydrogens (tertiary/aromatic N) is 5. The number of halogens is 2. The second-order valence-corrected chi connectivity index (χ2v) is 7.23. The summed E-state index contributed by atoms with van der Waals surface area (Å²) in [5.74, 6) is -1.26. The molecular formula is C23H17F2N5. The molecule has 30 heavy (non-hydrogen) atoms. The first-order valence-electron chi connectivity index (χ1n) is 9.38. The Morgan fingerprint density at radius 1 is 0.900 bits per heavy atom. The van der Waals surface area contributed by atoms with Crippen molar-refractivity contribution in [2.45, 2.75) is 6.92 Å². The fraction of sp³-hybridized carbons (Fsp3) is 0.0870. The van der Waals surface area contributed by atoms with Crippen LogP contribution in [0.4, 0.5) is 8.78 Å². The Morgan fingerprint density at radius 2 is 1.73 bits per heavy atom. The SMILES string of the molecule is Cc1cc(-c2ccc(F)cc2F)nc(-c2cnc3cc(-c4cnn(C)c4)ccn23)c1. The predicted octanol–water partition coefficient (Wildman–Crippen LogP) is 5.05. The van der Waals surface area contributed by atoms with Gasteiger partial charge in [-0.3, -0.25) is 9.08 Å². The van der Waals surface area contributed by atoms with E-state index in [-0.39, 0.29) is 5.56 Å². The van der Waals surface area contributed by atoms with Crippen molar-refractivity contribution in [2.75, 3.05) is 0 Å². The summed E-state index contributed by atoms with van der Waals surface area (Å²) in [5, 5.41) is 4.21. The maximum atomic E-state index is 14.3. The van der Waals surface area contributed by atoms with Crippen LogP contribution in [0.3, 0.4) is 0 Å². The topological polar surface area (TPSA) is 48.0 Å². The first kappa shape index (κ1) is 18.2. The zero-order valence-electron chi connectivity index (χ0n) is 16.3. The average Bonchev–Trinajstić information content (AvgIpc) is 3.33. The molecule has 1 aromatic carbocycles. The van der Waals surface area contributed by atoms with Crippen LogP contribution >= 0.6 is 0 Å². The van der Waals surface area contributed by atoms with Gasteiger partial charge >= 0.3 is 0 Å². The number of aromatic nitrogens is 5. The lowest BCUT2D eigenvalue weighted by Crippen LogP contribution is -1.96. The summed E-state index contributed by atoms with van der Waals surface area (Å²) in [6.45, 7) is 1.92. The zero-order valence-corrected chi connectivity index (χ0v) is 16.3. The predicted molar refractivity (Wildman–Crippen MR) is 111 cm³/mol. The summed E-state index contributed by atoms with van der Waals surface area (Å²) in [7, 11) is 1.88. The highest BCUT2D eigenvalue weighted by Crippen LogP contribution is 2.28. The van der Waals surface area contributed by atoms with Crippen LogP contribution in [-0.2, 0) is 7.05 Å². The Kier molecular flexibility index (Phi) is 4.17. The van der Waals surface area contributed by atoms with Gasteiger partial charge in [-0.15, -0.1) is 0 Å². The molecule has 7 heteroatoms. The Labute approximate surface area is 171 Å². The van der Waals surface area contributed by atoms with E-state index in [0.29, 0.717) is 11.4 Å². The van der Waals surface area contributed by atoms with Crippen molar-refractivity contribution in [2.24, 2.45) is 7.05 Å². The molecule has 0 aliphatic rings. The molecule has 0 fully saturated rings. The highest BCUT2D eigenvalue weighted by atomic mass is 19.1. The lowest BCUT2D eigenvalue weighted by Gasteiger charge is -2.09. The second-order valence-electron chi connectivity index (χ2n) is 7.23. The van der Waals surface area contributed by atoms with Crippen LogP contribution in [0, 0.1) is 18.6 Å². The van der Waals surface area contributed by atoms with Crippen LogP contribution in [0.15, 0.2) is 67.3 Å². The number of rotatable bonds is 3. The van der Waals surface area contributed by atoms with E-state index >= 15 is 0 Å². The first-order valence-corrected chi connectivity index (χ1v) is 9.38. The largest absolute Gasteiger partial charge is 0.298 e. The lowest BCUT2D eigenvalue weighted by atomic mass is 10.1. The Hall–Kier alpha value is -3.87. The molecule has 0 saturated heterocycles. The standard InChI is InChI=1S/C23H17F2N5/c1-14-7-20(18-4-3-17(24)10-19(18)25)28-21(8-14)22-12-26-23-9-15(5-6-30(22)23)16-11-27-29(2)13-16/h3-13H,1-2H3. The molecule has 0 saturated carbocycles. The van der Waals surface area contributed by atoms with E-state index in [1.807, 2.05) is 49.0 Å². The molecule has 4 aromatic heterocycles. The number of aryl methyl sites for hydroxylation is 2. The minimum Gasteiger partial charge on any atom is -0.298 e. The van der Waals surface area contributed by atoms with Crippen LogP contribution in [0.2, 0.25) is 0 Å². The third kappa shape index (κ3) is 3.14. The highest BCUT2D eigenvalue weighted by Gasteiger charge is 2.14. The van der Waals surface area contributed by atoms with Gasteiger partial charge in [-0.2, -0.15) is 5.10 Å². The fourth-order valence-corrected chi connectivity index (χ4v) is 3.55. The summed E-state index contributed by atoms with van der Waals surface area (Å²) in [6, 6.07) is 11.2. The molecule has 5 rings (SSSR count). The molecule has 5 nitrogen and oxygen atoms in total. The van der Waals surface area contributed by atoms with Gasteiger partial charge < -0.3 is 0 Å². The number of fused-ring (bicyclic) bond motifs is 1. The van der Waals surface area contributed by atoms with E-state index in [1.165, 1.54) is 12.1 Å². The van der Waals surface area contributed by atoms with Crippen LogP contribution in [0.5, 0.6) is 0 Å². The van der Waals surface area contributed by atoms with Crippen LogP contribution in [-0.4, -0.2) is 24.1 Å². The van der Waals surface area contributed by atoms with Crippen molar-refractivity contribution < 1.29 is 8.78 Å². The maximum Gasteiger partial charge on any atom is 0.137 e.